The van der Waals surface area contributed by atoms with Gasteiger partial charge in [-0.1, -0.05) is 17.2 Å². The normalized spacial score (nSPS) is 11.4. The summed E-state index contributed by atoms with van der Waals surface area (Å²) in [6.45, 7) is 8.42. The zero-order valence-electron chi connectivity index (χ0n) is 7.49. The van der Waals surface area contributed by atoms with Crippen LogP contribution in [0.15, 0.2) is 17.2 Å². The van der Waals surface area contributed by atoms with Gasteiger partial charge in [-0.25, -0.2) is 0 Å². The van der Waals surface area contributed by atoms with Crippen molar-refractivity contribution in [3.63, 3.8) is 0 Å². The van der Waals surface area contributed by atoms with Crippen molar-refractivity contribution < 1.29 is 0 Å². The largest absolute Gasteiger partial charge is 0.0887 e. The summed E-state index contributed by atoms with van der Waals surface area (Å²) in [4.78, 5) is 0. The lowest BCUT2D eigenvalue weighted by Crippen LogP contribution is -1.75. The van der Waals surface area contributed by atoms with Gasteiger partial charge in [-0.2, -0.15) is 0 Å². The molecule has 0 aromatic carbocycles. The first-order valence-corrected chi connectivity index (χ1v) is 3.82. The standard InChI is InChI=1S/C10H17/c1-5-10(4)8-6-7-9(2)3/h5H,6,8H2,1-4H3/b10-5+. The van der Waals surface area contributed by atoms with Crippen molar-refractivity contribution in [2.45, 2.75) is 40.5 Å². The second kappa shape index (κ2) is 5.28. The van der Waals surface area contributed by atoms with Gasteiger partial charge in [-0.3, -0.25) is 0 Å². The maximum atomic E-state index is 3.29. The maximum absolute atomic E-state index is 3.29. The van der Waals surface area contributed by atoms with Crippen LogP contribution < -0.4 is 0 Å². The second-order valence-corrected chi connectivity index (χ2v) is 2.81. The average Bonchev–Trinajstić information content (AvgIpc) is 1.87. The Bertz CT molecular complexity index is 134. The van der Waals surface area contributed by atoms with Crippen molar-refractivity contribution in [1.82, 2.24) is 0 Å². The molecule has 0 rings (SSSR count). The topological polar surface area (TPSA) is 0 Å². The van der Waals surface area contributed by atoms with Gasteiger partial charge < -0.3 is 0 Å². The van der Waals surface area contributed by atoms with E-state index < -0.39 is 0 Å². The SMILES string of the molecule is C/C=C(\C)CC[C]=C(C)C. The van der Waals surface area contributed by atoms with Crippen LogP contribution in [0.4, 0.5) is 0 Å². The lowest BCUT2D eigenvalue weighted by molar-refractivity contribution is 0.943. The molecule has 0 amide bonds. The Balaban J connectivity index is 3.47. The third-order valence-electron chi connectivity index (χ3n) is 1.49. The number of hydrogen-bond donors (Lipinski definition) is 0. The van der Waals surface area contributed by atoms with E-state index in [-0.39, 0.29) is 0 Å². The van der Waals surface area contributed by atoms with Crippen LogP contribution in [0.2, 0.25) is 0 Å². The van der Waals surface area contributed by atoms with E-state index in [1.165, 1.54) is 11.1 Å². The molecule has 0 saturated carbocycles. The lowest BCUT2D eigenvalue weighted by atomic mass is 10.1. The van der Waals surface area contributed by atoms with Crippen molar-refractivity contribution in [2.75, 3.05) is 0 Å². The monoisotopic (exact) mass is 137 g/mol. The lowest BCUT2D eigenvalue weighted by Gasteiger charge is -1.94. The molecule has 10 heavy (non-hydrogen) atoms. The van der Waals surface area contributed by atoms with Crippen molar-refractivity contribution in [3.8, 4) is 0 Å². The van der Waals surface area contributed by atoms with Gasteiger partial charge in [0.1, 0.15) is 0 Å². The van der Waals surface area contributed by atoms with Crippen molar-refractivity contribution in [1.29, 1.82) is 0 Å². The predicted molar refractivity (Wildman–Crippen MR) is 46.8 cm³/mol. The molecule has 0 aromatic rings. The second-order valence-electron chi connectivity index (χ2n) is 2.81. The molecule has 0 heteroatoms. The van der Waals surface area contributed by atoms with Crippen LogP contribution in [-0.2, 0) is 0 Å². The van der Waals surface area contributed by atoms with Gasteiger partial charge in [0.15, 0.2) is 0 Å². The Labute approximate surface area is 64.6 Å². The van der Waals surface area contributed by atoms with Crippen LogP contribution in [0.1, 0.15) is 40.5 Å². The van der Waals surface area contributed by atoms with E-state index in [2.05, 4.69) is 39.8 Å². The summed E-state index contributed by atoms with van der Waals surface area (Å²) in [5.41, 5.74) is 2.75. The quantitative estimate of drug-likeness (QED) is 0.522. The minimum atomic E-state index is 1.07. The molecular formula is C10H17. The number of rotatable bonds is 3. The number of allylic oxidation sites excluding steroid dienone is 4. The molecule has 1 radical (unpaired) electrons. The summed E-state index contributed by atoms with van der Waals surface area (Å²) < 4.78 is 0. The fourth-order valence-corrected chi connectivity index (χ4v) is 0.654. The highest BCUT2D eigenvalue weighted by atomic mass is 13.9. The molecule has 0 fully saturated rings. The summed E-state index contributed by atoms with van der Waals surface area (Å²) in [5.74, 6) is 0. The molecule has 57 valence electrons. The van der Waals surface area contributed by atoms with Gasteiger partial charge in [-0.15, -0.1) is 0 Å². The highest BCUT2D eigenvalue weighted by Crippen LogP contribution is 2.04. The van der Waals surface area contributed by atoms with E-state index in [0.29, 0.717) is 0 Å². The Morgan fingerprint density at radius 2 is 1.90 bits per heavy atom. The molecule has 0 atom stereocenters. The first-order chi connectivity index (χ1) is 4.66. The summed E-state index contributed by atoms with van der Waals surface area (Å²) >= 11 is 0. The van der Waals surface area contributed by atoms with E-state index in [1.807, 2.05) is 0 Å². The first-order valence-electron chi connectivity index (χ1n) is 3.82. The van der Waals surface area contributed by atoms with Gasteiger partial charge in [0.25, 0.3) is 0 Å². The molecule has 0 bridgehead atoms. The van der Waals surface area contributed by atoms with Gasteiger partial charge in [0, 0.05) is 0 Å². The Morgan fingerprint density at radius 3 is 2.30 bits per heavy atom. The minimum Gasteiger partial charge on any atom is -0.0887 e. The van der Waals surface area contributed by atoms with Crippen LogP contribution in [0, 0.1) is 6.08 Å². The van der Waals surface area contributed by atoms with Crippen LogP contribution in [-0.4, -0.2) is 0 Å². The minimum absolute atomic E-state index is 1.07. The molecule has 0 aromatic heterocycles. The van der Waals surface area contributed by atoms with E-state index in [9.17, 15) is 0 Å². The number of hydrogen-bond acceptors (Lipinski definition) is 0. The van der Waals surface area contributed by atoms with E-state index in [1.54, 1.807) is 0 Å². The zero-order chi connectivity index (χ0) is 7.98. The first kappa shape index (κ1) is 9.48. The van der Waals surface area contributed by atoms with Crippen molar-refractivity contribution in [2.24, 2.45) is 0 Å². The molecule has 0 aliphatic carbocycles. The highest BCUT2D eigenvalue weighted by molar-refractivity contribution is 4.97. The van der Waals surface area contributed by atoms with Gasteiger partial charge in [0.2, 0.25) is 0 Å². The Kier molecular flexibility index (Phi) is 5.00. The summed E-state index contributed by atoms with van der Waals surface area (Å²) in [6, 6.07) is 0. The van der Waals surface area contributed by atoms with Crippen LogP contribution in [0.25, 0.3) is 0 Å². The third kappa shape index (κ3) is 5.61. The van der Waals surface area contributed by atoms with E-state index >= 15 is 0 Å². The molecular weight excluding hydrogens is 120 g/mol. The Hall–Kier alpha value is -0.520. The van der Waals surface area contributed by atoms with E-state index in [4.69, 9.17) is 0 Å². The molecule has 0 aliphatic rings. The molecule has 0 N–H and O–H groups in total. The molecule has 0 unspecified atom stereocenters. The molecule has 0 saturated heterocycles. The summed E-state index contributed by atoms with van der Waals surface area (Å²) in [7, 11) is 0. The van der Waals surface area contributed by atoms with Crippen molar-refractivity contribution in [3.05, 3.63) is 23.3 Å². The molecule has 0 spiro atoms. The molecule has 0 aliphatic heterocycles. The van der Waals surface area contributed by atoms with Crippen LogP contribution in [0.5, 0.6) is 0 Å². The highest BCUT2D eigenvalue weighted by Gasteiger charge is 1.85. The maximum Gasteiger partial charge on any atom is -0.0240 e. The van der Waals surface area contributed by atoms with Crippen LogP contribution in [0.3, 0.4) is 0 Å². The molecule has 0 nitrogen and oxygen atoms in total. The summed E-state index contributed by atoms with van der Waals surface area (Å²) in [5, 5.41) is 0. The zero-order valence-corrected chi connectivity index (χ0v) is 7.49. The average molecular weight is 137 g/mol. The summed E-state index contributed by atoms with van der Waals surface area (Å²) in [6.07, 6.45) is 7.67. The fourth-order valence-electron chi connectivity index (χ4n) is 0.654. The fraction of sp³-hybridized carbons (Fsp3) is 0.600. The Morgan fingerprint density at radius 1 is 1.30 bits per heavy atom. The smallest absolute Gasteiger partial charge is 0.0240 e. The van der Waals surface area contributed by atoms with Gasteiger partial charge >= 0.3 is 0 Å². The van der Waals surface area contributed by atoms with Gasteiger partial charge in [-0.05, 0) is 46.6 Å². The van der Waals surface area contributed by atoms with Gasteiger partial charge in [0.05, 0.1) is 0 Å². The van der Waals surface area contributed by atoms with Crippen LogP contribution >= 0.6 is 0 Å². The molecule has 0 heterocycles. The van der Waals surface area contributed by atoms with E-state index in [0.717, 1.165) is 12.8 Å². The predicted octanol–water partition coefficient (Wildman–Crippen LogP) is 3.50. The van der Waals surface area contributed by atoms with Crippen molar-refractivity contribution >= 4 is 0 Å². The third-order valence-corrected chi connectivity index (χ3v) is 1.49.